The summed E-state index contributed by atoms with van der Waals surface area (Å²) in [5, 5.41) is 13.8. The number of rotatable bonds is 8. The Labute approximate surface area is 120 Å². The van der Waals surface area contributed by atoms with E-state index in [9.17, 15) is 5.11 Å². The normalized spacial score (nSPS) is 12.9. The second-order valence-corrected chi connectivity index (χ2v) is 5.32. The van der Waals surface area contributed by atoms with Gasteiger partial charge in [0.2, 0.25) is 0 Å². The zero-order chi connectivity index (χ0) is 14.4. The fourth-order valence-electron chi connectivity index (χ4n) is 2.30. The number of ether oxygens (including phenoxy) is 1. The minimum absolute atomic E-state index is 0.220. The second-order valence-electron chi connectivity index (χ2n) is 5.32. The number of aliphatic hydroxyl groups is 1. The average molecular weight is 276 g/mol. The maximum atomic E-state index is 9.19. The van der Waals surface area contributed by atoms with Crippen molar-refractivity contribution in [1.29, 1.82) is 0 Å². The molecule has 0 aliphatic rings. The van der Waals surface area contributed by atoms with E-state index in [1.807, 2.05) is 0 Å². The molecule has 0 fully saturated rings. The molecule has 0 radical (unpaired) electrons. The van der Waals surface area contributed by atoms with Crippen LogP contribution in [-0.2, 0) is 17.8 Å². The summed E-state index contributed by atoms with van der Waals surface area (Å²) < 4.78 is 7.24. The smallest absolute Gasteiger partial charge is 0.0587 e. The van der Waals surface area contributed by atoms with E-state index in [1.54, 1.807) is 7.11 Å². The van der Waals surface area contributed by atoms with E-state index in [0.29, 0.717) is 0 Å². The largest absolute Gasteiger partial charge is 0.396 e. The molecular formula is C16H24N2O2. The van der Waals surface area contributed by atoms with E-state index in [4.69, 9.17) is 4.74 Å². The first-order valence-electron chi connectivity index (χ1n) is 7.13. The number of aromatic nitrogens is 1. The number of aliphatic hydroxyl groups excluding tert-OH is 1. The summed E-state index contributed by atoms with van der Waals surface area (Å²) in [7, 11) is 1.71. The lowest BCUT2D eigenvalue weighted by atomic mass is 10.1. The highest BCUT2D eigenvalue weighted by molar-refractivity contribution is 5.80. The molecule has 1 aromatic carbocycles. The van der Waals surface area contributed by atoms with Crippen LogP contribution in [-0.4, -0.2) is 36.5 Å². The Morgan fingerprint density at radius 2 is 2.20 bits per heavy atom. The molecule has 20 heavy (non-hydrogen) atoms. The quantitative estimate of drug-likeness (QED) is 0.725. The lowest BCUT2D eigenvalue weighted by Crippen LogP contribution is -2.18. The molecule has 2 N–H and O–H groups in total. The van der Waals surface area contributed by atoms with Crippen LogP contribution in [0.1, 0.15) is 12.5 Å². The molecule has 1 aromatic heterocycles. The van der Waals surface area contributed by atoms with Crippen molar-refractivity contribution in [3.63, 3.8) is 0 Å². The van der Waals surface area contributed by atoms with Crippen LogP contribution < -0.4 is 5.32 Å². The van der Waals surface area contributed by atoms with Crippen LogP contribution >= 0.6 is 0 Å². The molecule has 2 rings (SSSR count). The van der Waals surface area contributed by atoms with Gasteiger partial charge in [0.25, 0.3) is 0 Å². The van der Waals surface area contributed by atoms with Gasteiger partial charge in [0.15, 0.2) is 0 Å². The Balaban J connectivity index is 2.08. The molecule has 1 atom stereocenters. The first-order valence-corrected chi connectivity index (χ1v) is 7.13. The van der Waals surface area contributed by atoms with Gasteiger partial charge in [-0.15, -0.1) is 0 Å². The number of hydrogen-bond donors (Lipinski definition) is 2. The van der Waals surface area contributed by atoms with Crippen molar-refractivity contribution >= 4 is 10.9 Å². The average Bonchev–Trinajstić information content (AvgIpc) is 2.86. The SMILES string of the molecule is COCCNCc1ccc2ccn(CC(C)CO)c2c1. The summed E-state index contributed by atoms with van der Waals surface area (Å²) in [6, 6.07) is 8.66. The van der Waals surface area contributed by atoms with Crippen molar-refractivity contribution in [2.24, 2.45) is 5.92 Å². The van der Waals surface area contributed by atoms with Gasteiger partial charge in [-0.3, -0.25) is 0 Å². The third-order valence-electron chi connectivity index (χ3n) is 3.47. The first-order chi connectivity index (χ1) is 9.74. The lowest BCUT2D eigenvalue weighted by Gasteiger charge is -2.11. The molecule has 0 saturated carbocycles. The van der Waals surface area contributed by atoms with E-state index in [-0.39, 0.29) is 12.5 Å². The highest BCUT2D eigenvalue weighted by Gasteiger charge is 2.06. The summed E-state index contributed by atoms with van der Waals surface area (Å²) >= 11 is 0. The fourth-order valence-corrected chi connectivity index (χ4v) is 2.30. The van der Waals surface area contributed by atoms with Gasteiger partial charge >= 0.3 is 0 Å². The fraction of sp³-hybridized carbons (Fsp3) is 0.500. The van der Waals surface area contributed by atoms with E-state index >= 15 is 0 Å². The number of benzene rings is 1. The zero-order valence-electron chi connectivity index (χ0n) is 12.3. The molecule has 4 heteroatoms. The van der Waals surface area contributed by atoms with Crippen LogP contribution in [0, 0.1) is 5.92 Å². The van der Waals surface area contributed by atoms with Crippen LogP contribution in [0.25, 0.3) is 10.9 Å². The van der Waals surface area contributed by atoms with Crippen LogP contribution in [0.5, 0.6) is 0 Å². The summed E-state index contributed by atoms with van der Waals surface area (Å²) in [5.41, 5.74) is 2.50. The standard InChI is InChI=1S/C16H24N2O2/c1-13(12-19)11-18-7-5-15-4-3-14(9-16(15)18)10-17-6-8-20-2/h3-5,7,9,13,17,19H,6,8,10-12H2,1-2H3. The van der Waals surface area contributed by atoms with Crippen molar-refractivity contribution < 1.29 is 9.84 Å². The van der Waals surface area contributed by atoms with Gasteiger partial charge in [0.05, 0.1) is 6.61 Å². The minimum Gasteiger partial charge on any atom is -0.396 e. The molecule has 2 aromatic rings. The monoisotopic (exact) mass is 276 g/mol. The molecule has 1 heterocycles. The highest BCUT2D eigenvalue weighted by Crippen LogP contribution is 2.19. The Bertz CT molecular complexity index is 536. The van der Waals surface area contributed by atoms with Crippen LogP contribution in [0.4, 0.5) is 0 Å². The number of nitrogens with zero attached hydrogens (tertiary/aromatic N) is 1. The lowest BCUT2D eigenvalue weighted by molar-refractivity contribution is 0.199. The predicted molar refractivity (Wildman–Crippen MR) is 81.8 cm³/mol. The minimum atomic E-state index is 0.220. The van der Waals surface area contributed by atoms with Gasteiger partial charge in [-0.1, -0.05) is 19.1 Å². The topological polar surface area (TPSA) is 46.4 Å². The van der Waals surface area contributed by atoms with Gasteiger partial charge in [0, 0.05) is 45.1 Å². The molecular weight excluding hydrogens is 252 g/mol. The Kier molecular flexibility index (Phi) is 5.59. The molecule has 1 unspecified atom stereocenters. The Hall–Kier alpha value is -1.36. The van der Waals surface area contributed by atoms with Gasteiger partial charge in [0.1, 0.15) is 0 Å². The van der Waals surface area contributed by atoms with Crippen molar-refractivity contribution in [2.75, 3.05) is 26.9 Å². The number of hydrogen-bond acceptors (Lipinski definition) is 3. The van der Waals surface area contributed by atoms with E-state index in [0.717, 1.165) is 26.2 Å². The highest BCUT2D eigenvalue weighted by atomic mass is 16.5. The molecule has 0 amide bonds. The number of nitrogens with one attached hydrogen (secondary N) is 1. The van der Waals surface area contributed by atoms with Crippen LogP contribution in [0.2, 0.25) is 0 Å². The van der Waals surface area contributed by atoms with Gasteiger partial charge in [-0.2, -0.15) is 0 Å². The summed E-state index contributed by atoms with van der Waals surface area (Å²) in [5.74, 6) is 0.272. The summed E-state index contributed by atoms with van der Waals surface area (Å²) in [6.07, 6.45) is 2.10. The van der Waals surface area contributed by atoms with E-state index < -0.39 is 0 Å². The molecule has 4 nitrogen and oxygen atoms in total. The molecule has 0 aliphatic heterocycles. The van der Waals surface area contributed by atoms with E-state index in [2.05, 4.69) is 47.3 Å². The van der Waals surface area contributed by atoms with Crippen molar-refractivity contribution in [1.82, 2.24) is 9.88 Å². The van der Waals surface area contributed by atoms with Crippen LogP contribution in [0.3, 0.4) is 0 Å². The molecule has 0 bridgehead atoms. The molecule has 0 spiro atoms. The van der Waals surface area contributed by atoms with Crippen molar-refractivity contribution in [2.45, 2.75) is 20.0 Å². The number of methoxy groups -OCH3 is 1. The Morgan fingerprint density at radius 3 is 2.95 bits per heavy atom. The summed E-state index contributed by atoms with van der Waals surface area (Å²) in [4.78, 5) is 0. The molecule has 110 valence electrons. The molecule has 0 saturated heterocycles. The number of fused-ring (bicyclic) bond motifs is 1. The van der Waals surface area contributed by atoms with Gasteiger partial charge < -0.3 is 19.7 Å². The van der Waals surface area contributed by atoms with Gasteiger partial charge in [-0.05, 0) is 29.0 Å². The maximum Gasteiger partial charge on any atom is 0.0587 e. The molecule has 0 aliphatic carbocycles. The third kappa shape index (κ3) is 3.82. The first kappa shape index (κ1) is 15.0. The summed E-state index contributed by atoms with van der Waals surface area (Å²) in [6.45, 7) is 5.56. The third-order valence-corrected chi connectivity index (χ3v) is 3.47. The second kappa shape index (κ2) is 7.43. The van der Waals surface area contributed by atoms with E-state index in [1.165, 1.54) is 16.5 Å². The maximum absolute atomic E-state index is 9.19. The van der Waals surface area contributed by atoms with Crippen molar-refractivity contribution in [3.8, 4) is 0 Å². The van der Waals surface area contributed by atoms with Crippen molar-refractivity contribution in [3.05, 3.63) is 36.0 Å². The predicted octanol–water partition coefficient (Wildman–Crippen LogP) is 2.01. The van der Waals surface area contributed by atoms with Gasteiger partial charge in [-0.25, -0.2) is 0 Å². The Morgan fingerprint density at radius 1 is 1.35 bits per heavy atom. The van der Waals surface area contributed by atoms with Crippen LogP contribution in [0.15, 0.2) is 30.5 Å². The zero-order valence-corrected chi connectivity index (χ0v) is 12.3.